The van der Waals surface area contributed by atoms with Gasteiger partial charge in [-0.25, -0.2) is 9.97 Å². The zero-order valence-corrected chi connectivity index (χ0v) is 25.7. The number of rotatable bonds is 7. The van der Waals surface area contributed by atoms with Gasteiger partial charge in [0.05, 0.1) is 35.1 Å². The SMILES string of the molecule is C=CC(=O)NC1CCC(C(=O)N2CCN(Cc3cc4nc(-c5cccc6[nH]ncc56)nc(N5CCOCC5)c4s3)CC2)CC1. The van der Waals surface area contributed by atoms with Crippen LogP contribution >= 0.6 is 11.3 Å². The molecule has 3 fully saturated rings. The number of ether oxygens (including phenoxy) is 1. The van der Waals surface area contributed by atoms with Crippen molar-refractivity contribution < 1.29 is 14.3 Å². The number of anilines is 1. The summed E-state index contributed by atoms with van der Waals surface area (Å²) in [4.78, 5) is 43.2. The molecule has 4 aromatic rings. The van der Waals surface area contributed by atoms with Crippen molar-refractivity contribution in [1.82, 2.24) is 35.3 Å². The smallest absolute Gasteiger partial charge is 0.243 e. The molecule has 5 heterocycles. The number of hydrogen-bond acceptors (Lipinski definition) is 9. The Morgan fingerprint density at radius 2 is 1.86 bits per heavy atom. The number of benzene rings is 1. The van der Waals surface area contributed by atoms with E-state index in [0.717, 1.165) is 104 Å². The zero-order chi connectivity index (χ0) is 30.0. The Balaban J connectivity index is 1.04. The summed E-state index contributed by atoms with van der Waals surface area (Å²) < 4.78 is 6.75. The molecule has 2 aliphatic heterocycles. The van der Waals surface area contributed by atoms with E-state index in [4.69, 9.17) is 14.7 Å². The van der Waals surface area contributed by atoms with Gasteiger partial charge in [0, 0.05) is 73.6 Å². The molecule has 3 aromatic heterocycles. The Labute approximate surface area is 260 Å². The van der Waals surface area contributed by atoms with Crippen LogP contribution in [0.3, 0.4) is 0 Å². The molecular formula is C32H38N8O3S. The highest BCUT2D eigenvalue weighted by atomic mass is 32.1. The largest absolute Gasteiger partial charge is 0.378 e. The third kappa shape index (κ3) is 5.93. The van der Waals surface area contributed by atoms with E-state index in [1.165, 1.54) is 11.0 Å². The lowest BCUT2D eigenvalue weighted by Gasteiger charge is -2.37. The summed E-state index contributed by atoms with van der Waals surface area (Å²) in [6, 6.07) is 8.44. The Hall–Kier alpha value is -3.87. The van der Waals surface area contributed by atoms with Gasteiger partial charge in [0.25, 0.3) is 0 Å². The minimum absolute atomic E-state index is 0.0558. The van der Waals surface area contributed by atoms with Crippen LogP contribution in [0.4, 0.5) is 5.82 Å². The van der Waals surface area contributed by atoms with Crippen molar-refractivity contribution in [2.45, 2.75) is 38.3 Å². The van der Waals surface area contributed by atoms with E-state index in [-0.39, 0.29) is 23.8 Å². The Morgan fingerprint density at radius 1 is 1.07 bits per heavy atom. The summed E-state index contributed by atoms with van der Waals surface area (Å²) in [5, 5.41) is 11.3. The predicted molar refractivity (Wildman–Crippen MR) is 171 cm³/mol. The van der Waals surface area contributed by atoms with Gasteiger partial charge < -0.3 is 19.9 Å². The van der Waals surface area contributed by atoms with Crippen LogP contribution in [0.5, 0.6) is 0 Å². The van der Waals surface area contributed by atoms with Gasteiger partial charge in [-0.2, -0.15) is 5.10 Å². The van der Waals surface area contributed by atoms with Gasteiger partial charge in [0.15, 0.2) is 11.6 Å². The number of nitrogens with one attached hydrogen (secondary N) is 2. The number of carbonyl (C=O) groups excluding carboxylic acids is 2. The van der Waals surface area contributed by atoms with Crippen LogP contribution in [0.1, 0.15) is 30.6 Å². The Morgan fingerprint density at radius 3 is 2.64 bits per heavy atom. The number of hydrogen-bond donors (Lipinski definition) is 2. The molecule has 1 aromatic carbocycles. The maximum atomic E-state index is 13.3. The fraction of sp³-hybridized carbons (Fsp3) is 0.469. The molecule has 1 aliphatic carbocycles. The average Bonchev–Trinajstić information content (AvgIpc) is 3.72. The first kappa shape index (κ1) is 28.9. The Bertz CT molecular complexity index is 1660. The number of H-pyrrole nitrogens is 1. The molecule has 0 unspecified atom stereocenters. The van der Waals surface area contributed by atoms with Crippen molar-refractivity contribution in [3.63, 3.8) is 0 Å². The van der Waals surface area contributed by atoms with Gasteiger partial charge in [-0.15, -0.1) is 11.3 Å². The van der Waals surface area contributed by atoms with Gasteiger partial charge in [-0.1, -0.05) is 18.7 Å². The van der Waals surface area contributed by atoms with Gasteiger partial charge in [-0.3, -0.25) is 19.6 Å². The van der Waals surface area contributed by atoms with E-state index in [2.05, 4.69) is 44.0 Å². The average molecular weight is 615 g/mol. The second kappa shape index (κ2) is 12.6. The first-order chi connectivity index (χ1) is 21.6. The number of amides is 2. The second-order valence-corrected chi connectivity index (χ2v) is 13.0. The number of aromatic amines is 1. The summed E-state index contributed by atoms with van der Waals surface area (Å²) in [6.45, 7) is 10.5. The van der Waals surface area contributed by atoms with Gasteiger partial charge in [0.1, 0.15) is 0 Å². The lowest BCUT2D eigenvalue weighted by molar-refractivity contribution is -0.138. The molecule has 0 radical (unpaired) electrons. The normalized spacial score (nSPS) is 21.5. The number of carbonyl (C=O) groups is 2. The van der Waals surface area contributed by atoms with Crippen LogP contribution in [0.25, 0.3) is 32.5 Å². The fourth-order valence-corrected chi connectivity index (χ4v) is 7.82. The van der Waals surface area contributed by atoms with E-state index in [1.54, 1.807) is 11.3 Å². The summed E-state index contributed by atoms with van der Waals surface area (Å²) in [5.41, 5.74) is 2.90. The lowest BCUT2D eigenvalue weighted by Crippen LogP contribution is -2.50. The zero-order valence-electron chi connectivity index (χ0n) is 24.8. The molecule has 1 saturated carbocycles. The van der Waals surface area contributed by atoms with Crippen molar-refractivity contribution in [1.29, 1.82) is 0 Å². The fourth-order valence-electron chi connectivity index (χ4n) is 6.67. The molecule has 0 bridgehead atoms. The minimum atomic E-state index is -0.133. The second-order valence-electron chi connectivity index (χ2n) is 11.9. The number of morpholine rings is 1. The first-order valence-electron chi connectivity index (χ1n) is 15.6. The van der Waals surface area contributed by atoms with E-state index in [0.29, 0.717) is 19.0 Å². The predicted octanol–water partition coefficient (Wildman–Crippen LogP) is 3.58. The van der Waals surface area contributed by atoms with Gasteiger partial charge >= 0.3 is 0 Å². The maximum absolute atomic E-state index is 13.3. The van der Waals surface area contributed by atoms with Crippen LogP contribution in [0, 0.1) is 5.92 Å². The van der Waals surface area contributed by atoms with Crippen molar-refractivity contribution in [2.24, 2.45) is 5.92 Å². The molecule has 2 N–H and O–H groups in total. The van der Waals surface area contributed by atoms with E-state index in [9.17, 15) is 9.59 Å². The van der Waals surface area contributed by atoms with E-state index >= 15 is 0 Å². The molecule has 44 heavy (non-hydrogen) atoms. The van der Waals surface area contributed by atoms with E-state index < -0.39 is 0 Å². The third-order valence-electron chi connectivity index (χ3n) is 9.11. The lowest BCUT2D eigenvalue weighted by atomic mass is 9.85. The standard InChI is InChI=1S/C32H38N8O3S/c1-2-28(41)34-22-8-6-21(7-9-22)32(42)40-12-10-38(11-13-40)20-23-18-27-29(44-23)31(39-14-16-43-17-15-39)36-30(35-27)24-4-3-5-26-25(24)19-33-37-26/h2-5,18-19,21-22H,1,6-17,20H2,(H,33,37)(H,34,41). The van der Waals surface area contributed by atoms with Crippen LogP contribution < -0.4 is 10.2 Å². The molecule has 7 rings (SSSR count). The molecule has 0 spiro atoms. The first-order valence-corrected chi connectivity index (χ1v) is 16.4. The third-order valence-corrected chi connectivity index (χ3v) is 10.2. The van der Waals surface area contributed by atoms with Crippen LogP contribution in [-0.4, -0.2) is 100 Å². The van der Waals surface area contributed by atoms with Crippen molar-refractivity contribution in [3.8, 4) is 11.4 Å². The molecular weight excluding hydrogens is 576 g/mol. The highest BCUT2D eigenvalue weighted by Crippen LogP contribution is 2.36. The summed E-state index contributed by atoms with van der Waals surface area (Å²) in [5.74, 6) is 1.87. The number of nitrogens with zero attached hydrogens (tertiary/aromatic N) is 6. The monoisotopic (exact) mass is 614 g/mol. The van der Waals surface area contributed by atoms with Gasteiger partial charge in [0.2, 0.25) is 11.8 Å². The Kier molecular flexibility index (Phi) is 8.28. The van der Waals surface area contributed by atoms with Gasteiger partial charge in [-0.05, 0) is 43.9 Å². The highest BCUT2D eigenvalue weighted by Gasteiger charge is 2.31. The van der Waals surface area contributed by atoms with Crippen LogP contribution in [0.2, 0.25) is 0 Å². The number of piperazine rings is 1. The van der Waals surface area contributed by atoms with E-state index in [1.807, 2.05) is 23.2 Å². The molecule has 2 saturated heterocycles. The minimum Gasteiger partial charge on any atom is -0.378 e. The highest BCUT2D eigenvalue weighted by molar-refractivity contribution is 7.19. The van der Waals surface area contributed by atoms with Crippen molar-refractivity contribution in [3.05, 3.63) is 48.0 Å². The van der Waals surface area contributed by atoms with Crippen molar-refractivity contribution >= 4 is 50.1 Å². The van der Waals surface area contributed by atoms with Crippen LogP contribution in [-0.2, 0) is 20.9 Å². The quantitative estimate of drug-likeness (QED) is 0.303. The maximum Gasteiger partial charge on any atom is 0.243 e. The topological polar surface area (TPSA) is 120 Å². The molecule has 2 amide bonds. The number of aromatic nitrogens is 4. The number of fused-ring (bicyclic) bond motifs is 2. The summed E-state index contributed by atoms with van der Waals surface area (Å²) >= 11 is 1.77. The number of thiophene rings is 1. The molecule has 11 nitrogen and oxygen atoms in total. The summed E-state index contributed by atoms with van der Waals surface area (Å²) in [7, 11) is 0. The van der Waals surface area contributed by atoms with Crippen LogP contribution in [0.15, 0.2) is 43.1 Å². The molecule has 12 heteroatoms. The molecule has 3 aliphatic rings. The molecule has 0 atom stereocenters. The van der Waals surface area contributed by atoms with Crippen molar-refractivity contribution in [2.75, 3.05) is 57.4 Å². The molecule has 230 valence electrons. The summed E-state index contributed by atoms with van der Waals surface area (Å²) in [6.07, 6.45) is 6.49.